The molecule has 0 aromatic rings. The van der Waals surface area contributed by atoms with E-state index >= 15 is 0 Å². The molecular weight excluding hydrogens is 456 g/mol. The van der Waals surface area contributed by atoms with Gasteiger partial charge in [0.1, 0.15) is 26.4 Å². The fourth-order valence-electron chi connectivity index (χ4n) is 2.52. The van der Waals surface area contributed by atoms with Gasteiger partial charge in [0.2, 0.25) is 0 Å². The Morgan fingerprint density at radius 2 is 1.18 bits per heavy atom. The van der Waals surface area contributed by atoms with Crippen LogP contribution in [0.1, 0.15) is 13.8 Å². The first kappa shape index (κ1) is 27.8. The number of carbonyl (C=O) groups is 6. The van der Waals surface area contributed by atoms with Crippen LogP contribution in [0.4, 0.5) is 0 Å². The van der Waals surface area contributed by atoms with Crippen molar-refractivity contribution in [2.75, 3.05) is 26.4 Å². The zero-order chi connectivity index (χ0) is 26.0. The van der Waals surface area contributed by atoms with Crippen molar-refractivity contribution >= 4 is 35.8 Å². The van der Waals surface area contributed by atoms with Crippen molar-refractivity contribution in [2.45, 2.75) is 13.8 Å². The minimum absolute atomic E-state index is 0.119. The van der Waals surface area contributed by atoms with E-state index in [2.05, 4.69) is 13.2 Å². The first-order valence-electron chi connectivity index (χ1n) is 9.75. The van der Waals surface area contributed by atoms with Crippen molar-refractivity contribution < 1.29 is 57.9 Å². The molecule has 0 bridgehead atoms. The Labute approximate surface area is 194 Å². The first-order valence-corrected chi connectivity index (χ1v) is 9.75. The van der Waals surface area contributed by atoms with E-state index in [1.165, 1.54) is 13.8 Å². The predicted octanol–water partition coefficient (Wildman–Crippen LogP) is 0.579. The summed E-state index contributed by atoms with van der Waals surface area (Å²) >= 11 is 0. The average molecular weight is 480 g/mol. The molecular formula is C22H24O12. The van der Waals surface area contributed by atoms with E-state index in [9.17, 15) is 39.0 Å². The quantitative estimate of drug-likeness (QED) is 0.172. The van der Waals surface area contributed by atoms with Gasteiger partial charge in [-0.05, 0) is 13.8 Å². The van der Waals surface area contributed by atoms with Crippen LogP contribution in [0.5, 0.6) is 0 Å². The molecule has 12 heteroatoms. The highest BCUT2D eigenvalue weighted by Crippen LogP contribution is 2.30. The third-order valence-corrected chi connectivity index (χ3v) is 4.18. The van der Waals surface area contributed by atoms with E-state index < -0.39 is 72.0 Å². The molecule has 0 radical (unpaired) electrons. The molecule has 0 aromatic carbocycles. The minimum atomic E-state index is -1.64. The molecule has 0 spiro atoms. The largest absolute Gasteiger partial charge is 0.481 e. The number of aliphatic carboxylic acids is 2. The van der Waals surface area contributed by atoms with E-state index in [0.717, 1.165) is 12.2 Å². The number of hydrogen-bond donors (Lipinski definition) is 2. The Kier molecular flexibility index (Phi) is 10.4. The molecule has 184 valence electrons. The monoisotopic (exact) mass is 480 g/mol. The topological polar surface area (TPSA) is 180 Å². The smallest absolute Gasteiger partial charge is 0.338 e. The number of rotatable bonds is 12. The Balaban J connectivity index is 2.90. The second-order valence-corrected chi connectivity index (χ2v) is 6.99. The van der Waals surface area contributed by atoms with Crippen LogP contribution in [0.2, 0.25) is 0 Å². The Morgan fingerprint density at radius 3 is 1.62 bits per heavy atom. The van der Waals surface area contributed by atoms with Gasteiger partial charge in [-0.15, -0.1) is 0 Å². The second kappa shape index (κ2) is 12.7. The molecule has 2 atom stereocenters. The van der Waals surface area contributed by atoms with Crippen LogP contribution >= 0.6 is 0 Å². The summed E-state index contributed by atoms with van der Waals surface area (Å²) < 4.78 is 19.2. The Bertz CT molecular complexity index is 968. The van der Waals surface area contributed by atoms with Crippen molar-refractivity contribution in [1.82, 2.24) is 0 Å². The lowest BCUT2D eigenvalue weighted by atomic mass is 9.82. The predicted molar refractivity (Wildman–Crippen MR) is 112 cm³/mol. The van der Waals surface area contributed by atoms with Crippen LogP contribution in [0, 0.1) is 11.8 Å². The molecule has 0 saturated carbocycles. The summed E-state index contributed by atoms with van der Waals surface area (Å²) in [5.41, 5.74) is -1.02. The van der Waals surface area contributed by atoms with Crippen molar-refractivity contribution in [3.05, 3.63) is 47.6 Å². The molecule has 0 aliphatic heterocycles. The summed E-state index contributed by atoms with van der Waals surface area (Å²) in [6.07, 6.45) is 1.56. The SMILES string of the molecule is C=C(C)C(=O)OCCOC(=O)C1=CC(C(=O)O)C(C(=O)OCCOC(=O)C(=C)C)C=C1C(=O)O. The minimum Gasteiger partial charge on any atom is -0.481 e. The van der Waals surface area contributed by atoms with E-state index in [0.29, 0.717) is 0 Å². The fraction of sp³-hybridized carbons (Fsp3) is 0.364. The van der Waals surface area contributed by atoms with Crippen molar-refractivity contribution in [3.8, 4) is 0 Å². The fourth-order valence-corrected chi connectivity index (χ4v) is 2.52. The maximum atomic E-state index is 12.4. The lowest BCUT2D eigenvalue weighted by Gasteiger charge is -2.23. The van der Waals surface area contributed by atoms with Gasteiger partial charge in [0.25, 0.3) is 0 Å². The maximum absolute atomic E-state index is 12.4. The molecule has 0 heterocycles. The van der Waals surface area contributed by atoms with Gasteiger partial charge < -0.3 is 29.2 Å². The lowest BCUT2D eigenvalue weighted by Crippen LogP contribution is -2.34. The Hall–Kier alpha value is -4.22. The molecule has 1 aliphatic rings. The third kappa shape index (κ3) is 8.04. The van der Waals surface area contributed by atoms with E-state index in [1.807, 2.05) is 0 Å². The second-order valence-electron chi connectivity index (χ2n) is 6.99. The van der Waals surface area contributed by atoms with Crippen molar-refractivity contribution in [1.29, 1.82) is 0 Å². The average Bonchev–Trinajstić information content (AvgIpc) is 2.77. The number of carboxylic acid groups (broad SMARTS) is 2. The van der Waals surface area contributed by atoms with Gasteiger partial charge in [-0.1, -0.05) is 25.3 Å². The lowest BCUT2D eigenvalue weighted by molar-refractivity contribution is -0.157. The molecule has 0 amide bonds. The van der Waals surface area contributed by atoms with E-state index in [4.69, 9.17) is 18.9 Å². The van der Waals surface area contributed by atoms with E-state index in [-0.39, 0.29) is 24.4 Å². The van der Waals surface area contributed by atoms with Gasteiger partial charge in [0.05, 0.1) is 23.0 Å². The van der Waals surface area contributed by atoms with Gasteiger partial charge >= 0.3 is 35.8 Å². The molecule has 1 aliphatic carbocycles. The van der Waals surface area contributed by atoms with E-state index in [1.54, 1.807) is 0 Å². The zero-order valence-electron chi connectivity index (χ0n) is 18.5. The maximum Gasteiger partial charge on any atom is 0.338 e. The normalized spacial score (nSPS) is 16.8. The molecule has 0 fully saturated rings. The molecule has 0 aromatic heterocycles. The Morgan fingerprint density at radius 1 is 0.735 bits per heavy atom. The summed E-state index contributed by atoms with van der Waals surface area (Å²) in [5, 5.41) is 18.9. The number of esters is 4. The zero-order valence-corrected chi connectivity index (χ0v) is 18.5. The number of ether oxygens (including phenoxy) is 4. The third-order valence-electron chi connectivity index (χ3n) is 4.18. The van der Waals surface area contributed by atoms with Crippen LogP contribution in [0.15, 0.2) is 47.6 Å². The van der Waals surface area contributed by atoms with Gasteiger partial charge in [0.15, 0.2) is 0 Å². The van der Waals surface area contributed by atoms with Crippen LogP contribution in [0.3, 0.4) is 0 Å². The molecule has 34 heavy (non-hydrogen) atoms. The van der Waals surface area contributed by atoms with Gasteiger partial charge in [-0.2, -0.15) is 0 Å². The van der Waals surface area contributed by atoms with Crippen molar-refractivity contribution in [2.24, 2.45) is 11.8 Å². The highest BCUT2D eigenvalue weighted by atomic mass is 16.6. The summed E-state index contributed by atoms with van der Waals surface area (Å²) in [7, 11) is 0. The molecule has 0 saturated heterocycles. The number of carbonyl (C=O) groups excluding carboxylic acids is 4. The van der Waals surface area contributed by atoms with Gasteiger partial charge in [-0.3, -0.25) is 9.59 Å². The number of carboxylic acids is 2. The molecule has 1 rings (SSSR count). The summed E-state index contributed by atoms with van der Waals surface area (Å²) in [6, 6.07) is 0. The van der Waals surface area contributed by atoms with Gasteiger partial charge in [0, 0.05) is 11.1 Å². The van der Waals surface area contributed by atoms with Crippen LogP contribution in [-0.2, 0) is 47.7 Å². The summed E-state index contributed by atoms with van der Waals surface area (Å²) in [6.45, 7) is 8.04. The van der Waals surface area contributed by atoms with Crippen molar-refractivity contribution in [3.63, 3.8) is 0 Å². The molecule has 12 nitrogen and oxygen atoms in total. The molecule has 2 N–H and O–H groups in total. The van der Waals surface area contributed by atoms with Crippen LogP contribution < -0.4 is 0 Å². The molecule has 2 unspecified atom stereocenters. The van der Waals surface area contributed by atoms with Gasteiger partial charge in [-0.25, -0.2) is 19.2 Å². The highest BCUT2D eigenvalue weighted by Gasteiger charge is 2.39. The highest BCUT2D eigenvalue weighted by molar-refractivity contribution is 6.08. The van der Waals surface area contributed by atoms with Crippen LogP contribution in [0.25, 0.3) is 0 Å². The summed E-state index contributed by atoms with van der Waals surface area (Å²) in [5.74, 6) is -10.1. The number of hydrogen-bond acceptors (Lipinski definition) is 10. The standard InChI is InChI=1S/C22H24O12/c1-11(2)19(27)31-5-7-33-21(29)15-9-14(18(25)26)16(10-13(15)17(23)24)22(30)34-8-6-32-20(28)12(3)4/h9-10,13,15H,1,3,5-8H2,2,4H3,(H,23,24)(H,25,26). The van der Waals surface area contributed by atoms with Crippen LogP contribution in [-0.4, -0.2) is 72.5 Å². The first-order chi connectivity index (χ1) is 15.9. The summed E-state index contributed by atoms with van der Waals surface area (Å²) in [4.78, 5) is 70.7.